The Bertz CT molecular complexity index is 141. The highest BCUT2D eigenvalue weighted by Gasteiger charge is 2.02. The lowest BCUT2D eigenvalue weighted by Gasteiger charge is -1.94. The van der Waals surface area contributed by atoms with Crippen LogP contribution in [0.15, 0.2) is 11.9 Å². The van der Waals surface area contributed by atoms with E-state index in [1.807, 2.05) is 6.20 Å². The fourth-order valence-electron chi connectivity index (χ4n) is 0.488. The van der Waals surface area contributed by atoms with Crippen LogP contribution in [0.25, 0.3) is 0 Å². The number of hydrogen-bond acceptors (Lipinski definition) is 3. The Morgan fingerprint density at radius 1 is 1.88 bits per heavy atom. The second kappa shape index (κ2) is 2.37. The van der Waals surface area contributed by atoms with Gasteiger partial charge in [-0.05, 0) is 0 Å². The van der Waals surface area contributed by atoms with Crippen LogP contribution in [0.5, 0.6) is 0 Å². The van der Waals surface area contributed by atoms with Gasteiger partial charge in [0.25, 0.3) is 0 Å². The average Bonchev–Trinajstić information content (AvgIpc) is 2.12. The van der Waals surface area contributed by atoms with Gasteiger partial charge in [0.1, 0.15) is 0 Å². The molecule has 44 valence electrons. The number of thiol groups is 1. The molecule has 0 aliphatic carbocycles. The van der Waals surface area contributed by atoms with Gasteiger partial charge in [0, 0.05) is 6.20 Å². The summed E-state index contributed by atoms with van der Waals surface area (Å²) in [6, 6.07) is 0. The van der Waals surface area contributed by atoms with Crippen LogP contribution in [-0.4, -0.2) is 10.9 Å². The molecule has 8 heavy (non-hydrogen) atoms. The van der Waals surface area contributed by atoms with E-state index in [1.54, 1.807) is 0 Å². The third kappa shape index (κ3) is 1.14. The molecule has 0 fully saturated rings. The van der Waals surface area contributed by atoms with Crippen molar-refractivity contribution in [3.8, 4) is 0 Å². The first-order valence-corrected chi connectivity index (χ1v) is 3.07. The minimum atomic E-state index is 0.606. The van der Waals surface area contributed by atoms with Crippen molar-refractivity contribution in [2.24, 2.45) is 0 Å². The second-order valence-corrected chi connectivity index (χ2v) is 2.58. The molecule has 4 heteroatoms. The Morgan fingerprint density at radius 2 is 2.62 bits per heavy atom. The number of thiocarbonyl (C=S) groups is 1. The van der Waals surface area contributed by atoms with Crippen molar-refractivity contribution >= 4 is 29.0 Å². The Kier molecular flexibility index (Phi) is 1.75. The van der Waals surface area contributed by atoms with E-state index in [9.17, 15) is 0 Å². The quantitative estimate of drug-likeness (QED) is 0.365. The Balaban J connectivity index is 2.57. The highest BCUT2D eigenvalue weighted by atomic mass is 32.1. The number of hydrogen-bond donors (Lipinski definition) is 3. The molecule has 0 aromatic carbocycles. The van der Waals surface area contributed by atoms with Gasteiger partial charge in [-0.25, -0.2) is 0 Å². The molecule has 0 spiro atoms. The molecule has 2 N–H and O–H groups in total. The predicted molar refractivity (Wildman–Crippen MR) is 40.8 cm³/mol. The Labute approximate surface area is 58.8 Å². The van der Waals surface area contributed by atoms with Gasteiger partial charge < -0.3 is 10.6 Å². The molecule has 1 aliphatic rings. The molecule has 0 saturated heterocycles. The standard InChI is InChI=1S/C4H6N2S2/c7-4(8)3-1-5-2-6-3/h1,5-6H,2H2,(H,7,8). The van der Waals surface area contributed by atoms with Gasteiger partial charge in [0.05, 0.1) is 16.6 Å². The second-order valence-electron chi connectivity index (χ2n) is 1.42. The van der Waals surface area contributed by atoms with E-state index >= 15 is 0 Å². The molecule has 2 nitrogen and oxygen atoms in total. The van der Waals surface area contributed by atoms with Gasteiger partial charge >= 0.3 is 0 Å². The molecule has 0 bridgehead atoms. The first-order valence-electron chi connectivity index (χ1n) is 2.21. The lowest BCUT2D eigenvalue weighted by molar-refractivity contribution is 0.828. The van der Waals surface area contributed by atoms with Crippen LogP contribution < -0.4 is 10.6 Å². The Morgan fingerprint density at radius 3 is 2.88 bits per heavy atom. The van der Waals surface area contributed by atoms with Crippen LogP contribution in [0.4, 0.5) is 0 Å². The van der Waals surface area contributed by atoms with E-state index < -0.39 is 0 Å². The summed E-state index contributed by atoms with van der Waals surface area (Å²) in [5.74, 6) is 0. The summed E-state index contributed by atoms with van der Waals surface area (Å²) in [4.78, 5) is 0. The van der Waals surface area contributed by atoms with Crippen molar-refractivity contribution in [3.63, 3.8) is 0 Å². The molecule has 0 saturated carbocycles. The zero-order valence-electron chi connectivity index (χ0n) is 4.14. The molecule has 0 amide bonds. The maximum Gasteiger partial charge on any atom is 0.0922 e. The molecular weight excluding hydrogens is 140 g/mol. The summed E-state index contributed by atoms with van der Waals surface area (Å²) in [6.07, 6.45) is 1.81. The van der Waals surface area contributed by atoms with E-state index in [0.29, 0.717) is 4.20 Å². The lowest BCUT2D eigenvalue weighted by atomic mass is 10.6. The van der Waals surface area contributed by atoms with Crippen LogP contribution in [0.2, 0.25) is 0 Å². The summed E-state index contributed by atoms with van der Waals surface area (Å²) >= 11 is 8.70. The zero-order chi connectivity index (χ0) is 5.98. The van der Waals surface area contributed by atoms with Gasteiger partial charge in [-0.1, -0.05) is 12.2 Å². The largest absolute Gasteiger partial charge is 0.372 e. The monoisotopic (exact) mass is 146 g/mol. The fourth-order valence-corrected chi connectivity index (χ4v) is 0.762. The minimum Gasteiger partial charge on any atom is -0.372 e. The van der Waals surface area contributed by atoms with Gasteiger partial charge in [-0.15, -0.1) is 12.6 Å². The fraction of sp³-hybridized carbons (Fsp3) is 0.250. The van der Waals surface area contributed by atoms with E-state index in [-0.39, 0.29) is 0 Å². The van der Waals surface area contributed by atoms with Gasteiger partial charge in [0.15, 0.2) is 0 Å². The molecule has 0 aromatic heterocycles. The molecule has 0 radical (unpaired) electrons. The number of rotatable bonds is 1. The van der Waals surface area contributed by atoms with Crippen molar-refractivity contribution in [1.29, 1.82) is 0 Å². The topological polar surface area (TPSA) is 24.1 Å². The molecule has 0 aromatic rings. The van der Waals surface area contributed by atoms with Gasteiger partial charge in [-0.3, -0.25) is 0 Å². The van der Waals surface area contributed by atoms with Crippen molar-refractivity contribution in [3.05, 3.63) is 11.9 Å². The predicted octanol–water partition coefficient (Wildman–Crippen LogP) is 0.235. The van der Waals surface area contributed by atoms with E-state index in [2.05, 4.69) is 23.3 Å². The maximum absolute atomic E-state index is 4.75. The molecule has 0 unspecified atom stereocenters. The van der Waals surface area contributed by atoms with E-state index in [0.717, 1.165) is 12.4 Å². The van der Waals surface area contributed by atoms with Gasteiger partial charge in [0.2, 0.25) is 0 Å². The van der Waals surface area contributed by atoms with Crippen LogP contribution in [-0.2, 0) is 0 Å². The van der Waals surface area contributed by atoms with Crippen LogP contribution in [0, 0.1) is 0 Å². The van der Waals surface area contributed by atoms with Crippen molar-refractivity contribution in [2.75, 3.05) is 6.67 Å². The Hall–Kier alpha value is -0.220. The summed E-state index contributed by atoms with van der Waals surface area (Å²) in [7, 11) is 0. The van der Waals surface area contributed by atoms with Crippen LogP contribution >= 0.6 is 24.8 Å². The minimum absolute atomic E-state index is 0.606. The molecule has 1 aliphatic heterocycles. The van der Waals surface area contributed by atoms with Crippen LogP contribution in [0.1, 0.15) is 0 Å². The van der Waals surface area contributed by atoms with E-state index in [4.69, 9.17) is 12.2 Å². The third-order valence-electron chi connectivity index (χ3n) is 0.858. The number of nitrogens with one attached hydrogen (secondary N) is 2. The first-order chi connectivity index (χ1) is 3.80. The average molecular weight is 146 g/mol. The summed E-state index contributed by atoms with van der Waals surface area (Å²) in [5.41, 5.74) is 0.906. The smallest absolute Gasteiger partial charge is 0.0922 e. The van der Waals surface area contributed by atoms with Crippen molar-refractivity contribution < 1.29 is 0 Å². The summed E-state index contributed by atoms with van der Waals surface area (Å²) in [5, 5.41) is 5.93. The molecular formula is C4H6N2S2. The maximum atomic E-state index is 4.75. The SMILES string of the molecule is S=C(S)C1=CNCN1. The highest BCUT2D eigenvalue weighted by Crippen LogP contribution is 1.98. The zero-order valence-corrected chi connectivity index (χ0v) is 5.85. The normalized spacial score (nSPS) is 16.4. The molecule has 0 atom stereocenters. The summed E-state index contributed by atoms with van der Waals surface area (Å²) < 4.78 is 0.606. The van der Waals surface area contributed by atoms with E-state index in [1.165, 1.54) is 0 Å². The third-order valence-corrected chi connectivity index (χ3v) is 1.32. The lowest BCUT2D eigenvalue weighted by Crippen LogP contribution is -2.15. The van der Waals surface area contributed by atoms with Crippen LogP contribution in [0.3, 0.4) is 0 Å². The molecule has 1 rings (SSSR count). The first kappa shape index (κ1) is 5.91. The molecule has 1 heterocycles. The van der Waals surface area contributed by atoms with Crippen molar-refractivity contribution in [2.45, 2.75) is 0 Å². The summed E-state index contributed by atoms with van der Waals surface area (Å²) in [6.45, 7) is 0.760. The van der Waals surface area contributed by atoms with Gasteiger partial charge in [-0.2, -0.15) is 0 Å². The van der Waals surface area contributed by atoms with Crippen molar-refractivity contribution in [1.82, 2.24) is 10.6 Å². The highest BCUT2D eigenvalue weighted by molar-refractivity contribution is 8.11.